The van der Waals surface area contributed by atoms with Crippen LogP contribution >= 0.6 is 0 Å². The van der Waals surface area contributed by atoms with Gasteiger partial charge in [0, 0.05) is 12.6 Å². The highest BCUT2D eigenvalue weighted by molar-refractivity contribution is 5.82. The molecule has 114 valence electrons. The zero-order valence-electron chi connectivity index (χ0n) is 11.8. The van der Waals surface area contributed by atoms with Gasteiger partial charge in [0.15, 0.2) is 0 Å². The van der Waals surface area contributed by atoms with E-state index in [1.54, 1.807) is 19.9 Å². The lowest BCUT2D eigenvalue weighted by molar-refractivity contribution is -0.167. The molecule has 0 unspecified atom stereocenters. The van der Waals surface area contributed by atoms with Crippen LogP contribution in [0.1, 0.15) is 33.1 Å². The minimum absolute atomic E-state index is 0.0664. The molecule has 1 aliphatic heterocycles. The maximum absolute atomic E-state index is 12.8. The van der Waals surface area contributed by atoms with Crippen molar-refractivity contribution in [3.8, 4) is 0 Å². The summed E-state index contributed by atoms with van der Waals surface area (Å²) >= 11 is 0. The Morgan fingerprint density at radius 2 is 2.00 bits per heavy atom. The number of carbonyl (C=O) groups excluding carboxylic acids is 1. The number of rotatable bonds is 4. The molecule has 1 aliphatic rings. The first-order valence-corrected chi connectivity index (χ1v) is 6.65. The van der Waals surface area contributed by atoms with Crippen LogP contribution in [0.5, 0.6) is 0 Å². The van der Waals surface area contributed by atoms with Crippen molar-refractivity contribution in [3.05, 3.63) is 18.4 Å². The predicted octanol–water partition coefficient (Wildman–Crippen LogP) is 2.54. The van der Waals surface area contributed by atoms with E-state index in [-0.39, 0.29) is 18.9 Å². The number of alkyl halides is 3. The molecule has 20 heavy (non-hydrogen) atoms. The molecule has 1 heterocycles. The van der Waals surface area contributed by atoms with Gasteiger partial charge in [-0.2, -0.15) is 13.2 Å². The molecule has 1 fully saturated rings. The second kappa shape index (κ2) is 6.46. The Morgan fingerprint density at radius 1 is 1.40 bits per heavy atom. The van der Waals surface area contributed by atoms with E-state index in [9.17, 15) is 18.0 Å². The minimum Gasteiger partial charge on any atom is -0.351 e. The average Bonchev–Trinajstić information content (AvgIpc) is 2.38. The Morgan fingerprint density at radius 3 is 2.55 bits per heavy atom. The van der Waals surface area contributed by atoms with E-state index in [1.807, 2.05) is 0 Å². The van der Waals surface area contributed by atoms with Crippen molar-refractivity contribution in [3.63, 3.8) is 0 Å². The molecular formula is C14H21F3N2O. The summed E-state index contributed by atoms with van der Waals surface area (Å²) in [6, 6.07) is -2.02. The van der Waals surface area contributed by atoms with E-state index >= 15 is 0 Å². The highest BCUT2D eigenvalue weighted by Crippen LogP contribution is 2.33. The van der Waals surface area contributed by atoms with Gasteiger partial charge in [-0.1, -0.05) is 6.58 Å². The maximum Gasteiger partial charge on any atom is 0.403 e. The zero-order valence-corrected chi connectivity index (χ0v) is 11.8. The number of halogens is 3. The molecule has 0 radical (unpaired) electrons. The largest absolute Gasteiger partial charge is 0.403 e. The van der Waals surface area contributed by atoms with Crippen LogP contribution in [0.15, 0.2) is 18.4 Å². The topological polar surface area (TPSA) is 41.1 Å². The van der Waals surface area contributed by atoms with Gasteiger partial charge in [0.2, 0.25) is 5.91 Å². The van der Waals surface area contributed by atoms with Gasteiger partial charge in [-0.3, -0.25) is 4.79 Å². The monoisotopic (exact) mass is 290 g/mol. The normalized spacial score (nSPS) is 23.9. The number of amides is 1. The van der Waals surface area contributed by atoms with Crippen LogP contribution in [-0.4, -0.2) is 30.7 Å². The second-order valence-electron chi connectivity index (χ2n) is 5.58. The maximum atomic E-state index is 12.8. The van der Waals surface area contributed by atoms with Crippen molar-refractivity contribution >= 4 is 5.91 Å². The molecule has 1 rings (SSSR count). The molecular weight excluding hydrogens is 269 g/mol. The summed E-state index contributed by atoms with van der Waals surface area (Å²) in [5, 5.41) is 5.24. The molecule has 0 spiro atoms. The standard InChI is InChI=1S/C14H21F3N2O/c1-4-5-9-18-12(20)13(2,3)10-7-6-8-11(19-10)14(15,16)17/h5,10-11,19H,1,6-9H2,2-3H3,(H,18,20)/t10-,11+/m0/s1. The molecule has 1 saturated heterocycles. The van der Waals surface area contributed by atoms with E-state index in [0.29, 0.717) is 12.8 Å². The highest BCUT2D eigenvalue weighted by atomic mass is 19.4. The highest BCUT2D eigenvalue weighted by Gasteiger charge is 2.46. The van der Waals surface area contributed by atoms with Crippen LogP contribution in [-0.2, 0) is 4.79 Å². The van der Waals surface area contributed by atoms with E-state index in [1.165, 1.54) is 0 Å². The van der Waals surface area contributed by atoms with Crippen LogP contribution in [0, 0.1) is 5.41 Å². The van der Waals surface area contributed by atoms with Crippen molar-refractivity contribution in [2.24, 2.45) is 5.41 Å². The number of hydrogen-bond donors (Lipinski definition) is 2. The molecule has 1 amide bonds. The average molecular weight is 290 g/mol. The first-order valence-electron chi connectivity index (χ1n) is 6.65. The lowest BCUT2D eigenvalue weighted by atomic mass is 9.78. The lowest BCUT2D eigenvalue weighted by Gasteiger charge is -2.40. The molecule has 0 aromatic heterocycles. The third kappa shape index (κ3) is 4.12. The van der Waals surface area contributed by atoms with Gasteiger partial charge in [-0.05, 0) is 39.2 Å². The Bertz CT molecular complexity index is 398. The summed E-state index contributed by atoms with van der Waals surface area (Å²) in [6.07, 6.45) is -1.62. The summed E-state index contributed by atoms with van der Waals surface area (Å²) in [5.41, 5.74) is 1.62. The zero-order chi connectivity index (χ0) is 15.4. The fourth-order valence-corrected chi connectivity index (χ4v) is 2.36. The predicted molar refractivity (Wildman–Crippen MR) is 71.1 cm³/mol. The Balaban J connectivity index is 2.70. The molecule has 0 aromatic rings. The Labute approximate surface area is 117 Å². The summed E-state index contributed by atoms with van der Waals surface area (Å²) in [4.78, 5) is 12.1. The number of hydrogen-bond acceptors (Lipinski definition) is 2. The fraction of sp³-hybridized carbons (Fsp3) is 0.714. The van der Waals surface area contributed by atoms with E-state index in [0.717, 1.165) is 0 Å². The molecule has 2 atom stereocenters. The summed E-state index contributed by atoms with van der Waals surface area (Å²) < 4.78 is 38.3. The molecule has 2 N–H and O–H groups in total. The van der Waals surface area contributed by atoms with Crippen molar-refractivity contribution < 1.29 is 18.0 Å². The third-order valence-electron chi connectivity index (χ3n) is 3.75. The molecule has 0 aromatic carbocycles. The summed E-state index contributed by atoms with van der Waals surface area (Å²) in [6.45, 7) is 6.98. The van der Waals surface area contributed by atoms with Gasteiger partial charge in [0.25, 0.3) is 0 Å². The quantitative estimate of drug-likeness (QED) is 0.781. The SMILES string of the molecule is C=C=CCNC(=O)C(C)(C)[C@@H]1CCC[C@H](C(F)(F)F)N1. The first-order chi connectivity index (χ1) is 9.19. The Kier molecular flexibility index (Phi) is 5.42. The Hall–Kier alpha value is -1.26. The second-order valence-corrected chi connectivity index (χ2v) is 5.58. The van der Waals surface area contributed by atoms with Crippen LogP contribution in [0.3, 0.4) is 0 Å². The van der Waals surface area contributed by atoms with Gasteiger partial charge in [-0.25, -0.2) is 0 Å². The van der Waals surface area contributed by atoms with Gasteiger partial charge < -0.3 is 10.6 Å². The summed E-state index contributed by atoms with van der Waals surface area (Å²) in [5.74, 6) is -0.274. The first kappa shape index (κ1) is 16.8. The third-order valence-corrected chi connectivity index (χ3v) is 3.75. The van der Waals surface area contributed by atoms with Gasteiger partial charge >= 0.3 is 6.18 Å². The van der Waals surface area contributed by atoms with Crippen LogP contribution in [0.4, 0.5) is 13.2 Å². The summed E-state index contributed by atoms with van der Waals surface area (Å²) in [7, 11) is 0. The molecule has 3 nitrogen and oxygen atoms in total. The van der Waals surface area contributed by atoms with Crippen molar-refractivity contribution in [1.82, 2.24) is 10.6 Å². The van der Waals surface area contributed by atoms with Crippen LogP contribution in [0.25, 0.3) is 0 Å². The lowest BCUT2D eigenvalue weighted by Crippen LogP contribution is -2.58. The van der Waals surface area contributed by atoms with Crippen molar-refractivity contribution in [2.75, 3.05) is 6.54 Å². The number of nitrogens with one attached hydrogen (secondary N) is 2. The van der Waals surface area contributed by atoms with Crippen molar-refractivity contribution in [2.45, 2.75) is 51.4 Å². The van der Waals surface area contributed by atoms with Crippen LogP contribution < -0.4 is 10.6 Å². The van der Waals surface area contributed by atoms with Gasteiger partial charge in [0.05, 0.1) is 5.41 Å². The molecule has 0 bridgehead atoms. The van der Waals surface area contributed by atoms with Gasteiger partial charge in [-0.15, -0.1) is 5.73 Å². The van der Waals surface area contributed by atoms with Crippen molar-refractivity contribution in [1.29, 1.82) is 0 Å². The van der Waals surface area contributed by atoms with E-state index < -0.39 is 23.7 Å². The van der Waals surface area contributed by atoms with E-state index in [4.69, 9.17) is 0 Å². The smallest absolute Gasteiger partial charge is 0.351 e. The fourth-order valence-electron chi connectivity index (χ4n) is 2.36. The molecule has 0 saturated carbocycles. The number of piperidine rings is 1. The van der Waals surface area contributed by atoms with Gasteiger partial charge in [0.1, 0.15) is 6.04 Å². The van der Waals surface area contributed by atoms with Crippen LogP contribution in [0.2, 0.25) is 0 Å². The number of carbonyl (C=O) groups is 1. The minimum atomic E-state index is -4.27. The molecule has 6 heteroatoms. The molecule has 0 aliphatic carbocycles. The van der Waals surface area contributed by atoms with E-state index in [2.05, 4.69) is 22.9 Å².